The number of aromatic nitrogens is 2. The number of rotatable bonds is 2. The van der Waals surface area contributed by atoms with Crippen LogP contribution in [0.25, 0.3) is 17.1 Å². The van der Waals surface area contributed by atoms with Gasteiger partial charge in [0.05, 0.1) is 5.52 Å². The molecule has 0 radical (unpaired) electrons. The normalized spacial score (nSPS) is 11.3. The molecule has 82 valence electrons. The number of nitrogens with one attached hydrogen (secondary N) is 1. The fourth-order valence-electron chi connectivity index (χ4n) is 1.38. The summed E-state index contributed by atoms with van der Waals surface area (Å²) in [5.41, 5.74) is 7.77. The van der Waals surface area contributed by atoms with E-state index in [9.17, 15) is 4.79 Å². The molecule has 1 aromatic heterocycles. The molecular weight excluding hydrogens is 274 g/mol. The lowest BCUT2D eigenvalue weighted by Crippen LogP contribution is -1.86. The molecular formula is C10H8BrN3O2. The van der Waals surface area contributed by atoms with E-state index in [1.54, 1.807) is 12.1 Å². The summed E-state index contributed by atoms with van der Waals surface area (Å²) in [4.78, 5) is 17.4. The van der Waals surface area contributed by atoms with E-state index in [-0.39, 0.29) is 0 Å². The fourth-order valence-corrected chi connectivity index (χ4v) is 1.95. The van der Waals surface area contributed by atoms with E-state index < -0.39 is 5.97 Å². The summed E-state index contributed by atoms with van der Waals surface area (Å²) in [5, 5.41) is 8.52. The van der Waals surface area contributed by atoms with Crippen molar-refractivity contribution in [1.82, 2.24) is 9.97 Å². The number of nitrogens with two attached hydrogens (primary N) is 1. The van der Waals surface area contributed by atoms with Crippen LogP contribution in [-0.4, -0.2) is 21.0 Å². The zero-order valence-corrected chi connectivity index (χ0v) is 9.65. The lowest BCUT2D eigenvalue weighted by molar-refractivity contribution is -0.131. The Bertz CT molecular complexity index is 589. The molecule has 1 aromatic carbocycles. The second kappa shape index (κ2) is 3.97. The Morgan fingerprint density at radius 3 is 3.00 bits per heavy atom. The Kier molecular flexibility index (Phi) is 2.66. The predicted molar refractivity (Wildman–Crippen MR) is 64.9 cm³/mol. The van der Waals surface area contributed by atoms with Crippen molar-refractivity contribution in [2.45, 2.75) is 0 Å². The first-order chi connectivity index (χ1) is 7.56. The number of benzene rings is 1. The Balaban J connectivity index is 2.53. The van der Waals surface area contributed by atoms with Crippen molar-refractivity contribution in [3.63, 3.8) is 0 Å². The number of carbonyl (C=O) groups is 1. The highest BCUT2D eigenvalue weighted by molar-refractivity contribution is 9.10. The van der Waals surface area contributed by atoms with Crippen LogP contribution in [-0.2, 0) is 4.79 Å². The van der Waals surface area contributed by atoms with Gasteiger partial charge in [-0.25, -0.2) is 9.78 Å². The zero-order chi connectivity index (χ0) is 11.7. The lowest BCUT2D eigenvalue weighted by atomic mass is 10.2. The molecule has 0 spiro atoms. The van der Waals surface area contributed by atoms with Crippen LogP contribution in [0, 0.1) is 0 Å². The van der Waals surface area contributed by atoms with Crippen molar-refractivity contribution in [3.8, 4) is 0 Å². The highest BCUT2D eigenvalue weighted by Crippen LogP contribution is 2.25. The number of nitrogen functional groups attached to an aromatic ring is 1. The van der Waals surface area contributed by atoms with Crippen LogP contribution in [0.1, 0.15) is 5.56 Å². The topological polar surface area (TPSA) is 92.0 Å². The summed E-state index contributed by atoms with van der Waals surface area (Å²) in [6.45, 7) is 0. The van der Waals surface area contributed by atoms with Crippen LogP contribution in [0.15, 0.2) is 22.7 Å². The Hall–Kier alpha value is -1.82. The fraction of sp³-hybridized carbons (Fsp3) is 0. The average molecular weight is 282 g/mol. The van der Waals surface area contributed by atoms with Gasteiger partial charge in [-0.15, -0.1) is 0 Å². The van der Waals surface area contributed by atoms with E-state index in [2.05, 4.69) is 25.9 Å². The van der Waals surface area contributed by atoms with Gasteiger partial charge in [0.1, 0.15) is 5.52 Å². The Morgan fingerprint density at radius 2 is 2.31 bits per heavy atom. The molecule has 0 aliphatic heterocycles. The van der Waals surface area contributed by atoms with Crippen molar-refractivity contribution in [2.24, 2.45) is 0 Å². The smallest absolute Gasteiger partial charge is 0.328 e. The highest BCUT2D eigenvalue weighted by Gasteiger charge is 2.05. The minimum atomic E-state index is -0.986. The third kappa shape index (κ3) is 2.06. The number of imidazole rings is 1. The summed E-state index contributed by atoms with van der Waals surface area (Å²) in [5.74, 6) is -0.657. The second-order valence-corrected chi connectivity index (χ2v) is 4.05. The van der Waals surface area contributed by atoms with Crippen LogP contribution >= 0.6 is 15.9 Å². The minimum Gasteiger partial charge on any atom is -0.478 e. The van der Waals surface area contributed by atoms with Crippen molar-refractivity contribution < 1.29 is 9.90 Å². The third-order valence-electron chi connectivity index (χ3n) is 2.00. The zero-order valence-electron chi connectivity index (χ0n) is 8.07. The molecule has 5 nitrogen and oxygen atoms in total. The number of carboxylic acids is 1. The number of fused-ring (bicyclic) bond motifs is 1. The number of aliphatic carboxylic acids is 1. The first-order valence-electron chi connectivity index (χ1n) is 4.42. The minimum absolute atomic E-state index is 0.329. The average Bonchev–Trinajstić information content (AvgIpc) is 2.56. The lowest BCUT2D eigenvalue weighted by Gasteiger charge is -1.96. The molecule has 0 aliphatic rings. The highest BCUT2D eigenvalue weighted by atomic mass is 79.9. The van der Waals surface area contributed by atoms with Crippen LogP contribution in [0.3, 0.4) is 0 Å². The van der Waals surface area contributed by atoms with Crippen molar-refractivity contribution in [2.75, 3.05) is 5.73 Å². The molecule has 4 N–H and O–H groups in total. The molecule has 0 bridgehead atoms. The first-order valence-corrected chi connectivity index (χ1v) is 5.21. The van der Waals surface area contributed by atoms with Gasteiger partial charge in [0, 0.05) is 10.5 Å². The molecule has 2 rings (SSSR count). The standard InChI is InChI=1S/C10H8BrN3O2/c11-6-3-5(1-2-8(15)16)4-7-9(6)14-10(12)13-7/h1-4H,(H,15,16)(H3,12,13,14)/b2-1+. The van der Waals surface area contributed by atoms with Gasteiger partial charge in [0.15, 0.2) is 5.95 Å². The third-order valence-corrected chi connectivity index (χ3v) is 2.60. The number of hydrogen-bond donors (Lipinski definition) is 3. The first kappa shape index (κ1) is 10.7. The quantitative estimate of drug-likeness (QED) is 0.734. The van der Waals surface area contributed by atoms with Crippen molar-refractivity contribution >= 4 is 45.0 Å². The maximum Gasteiger partial charge on any atom is 0.328 e. The summed E-state index contributed by atoms with van der Waals surface area (Å²) in [6.07, 6.45) is 2.58. The number of halogens is 1. The molecule has 0 amide bonds. The number of hydrogen-bond acceptors (Lipinski definition) is 3. The van der Waals surface area contributed by atoms with Crippen molar-refractivity contribution in [3.05, 3.63) is 28.2 Å². The van der Waals surface area contributed by atoms with Crippen LogP contribution in [0.4, 0.5) is 5.95 Å². The Labute approximate surface area is 99.1 Å². The second-order valence-electron chi connectivity index (χ2n) is 3.19. The van der Waals surface area contributed by atoms with Gasteiger partial charge >= 0.3 is 5.97 Å². The maximum atomic E-state index is 10.4. The number of anilines is 1. The van der Waals surface area contributed by atoms with E-state index in [4.69, 9.17) is 10.8 Å². The Morgan fingerprint density at radius 1 is 1.56 bits per heavy atom. The molecule has 6 heteroatoms. The van der Waals surface area contributed by atoms with Gasteiger partial charge in [-0.2, -0.15) is 0 Å². The molecule has 2 aromatic rings. The van der Waals surface area contributed by atoms with E-state index in [1.165, 1.54) is 6.08 Å². The SMILES string of the molecule is Nc1nc2c(Br)cc(/C=C/C(=O)O)cc2[nH]1. The monoisotopic (exact) mass is 281 g/mol. The van der Waals surface area contributed by atoms with Gasteiger partial charge in [0.2, 0.25) is 0 Å². The molecule has 1 heterocycles. The van der Waals surface area contributed by atoms with Crippen LogP contribution < -0.4 is 5.73 Å². The maximum absolute atomic E-state index is 10.4. The van der Waals surface area contributed by atoms with E-state index >= 15 is 0 Å². The van der Waals surface area contributed by atoms with E-state index in [0.29, 0.717) is 5.95 Å². The van der Waals surface area contributed by atoms with Gasteiger partial charge < -0.3 is 15.8 Å². The van der Waals surface area contributed by atoms with Crippen LogP contribution in [0.2, 0.25) is 0 Å². The van der Waals surface area contributed by atoms with Gasteiger partial charge in [0.25, 0.3) is 0 Å². The summed E-state index contributed by atoms with van der Waals surface area (Å²) in [7, 11) is 0. The molecule has 0 fully saturated rings. The summed E-state index contributed by atoms with van der Waals surface area (Å²) < 4.78 is 0.767. The number of aromatic amines is 1. The number of carboxylic acid groups (broad SMARTS) is 1. The molecule has 16 heavy (non-hydrogen) atoms. The van der Waals surface area contributed by atoms with Crippen molar-refractivity contribution in [1.29, 1.82) is 0 Å². The molecule has 0 aliphatic carbocycles. The van der Waals surface area contributed by atoms with Gasteiger partial charge in [-0.1, -0.05) is 0 Å². The molecule has 0 saturated heterocycles. The largest absolute Gasteiger partial charge is 0.478 e. The van der Waals surface area contributed by atoms with E-state index in [0.717, 1.165) is 27.1 Å². The number of H-pyrrole nitrogens is 1. The van der Waals surface area contributed by atoms with E-state index in [1.807, 2.05) is 0 Å². The number of nitrogens with zero attached hydrogens (tertiary/aromatic N) is 1. The molecule has 0 saturated carbocycles. The van der Waals surface area contributed by atoms with Crippen LogP contribution in [0.5, 0.6) is 0 Å². The predicted octanol–water partition coefficient (Wildman–Crippen LogP) is 2.01. The molecule has 0 unspecified atom stereocenters. The molecule has 0 atom stereocenters. The van der Waals surface area contributed by atoms with Gasteiger partial charge in [-0.3, -0.25) is 0 Å². The summed E-state index contributed by atoms with van der Waals surface area (Å²) >= 11 is 3.35. The van der Waals surface area contributed by atoms with Gasteiger partial charge in [-0.05, 0) is 39.7 Å². The summed E-state index contributed by atoms with van der Waals surface area (Å²) in [6, 6.07) is 3.56.